The van der Waals surface area contributed by atoms with Crippen molar-refractivity contribution < 1.29 is 4.48 Å². The molecule has 0 bridgehead atoms. The smallest absolute Gasteiger partial charge is 0.0895 e. The molecule has 1 rings (SSSR count). The summed E-state index contributed by atoms with van der Waals surface area (Å²) in [7, 11) is 0. The molecule has 0 atom stereocenters. The minimum atomic E-state index is 0.416. The second-order valence-electron chi connectivity index (χ2n) is 10.6. The van der Waals surface area contributed by atoms with Crippen LogP contribution in [0.15, 0.2) is 0 Å². The van der Waals surface area contributed by atoms with Gasteiger partial charge in [0.05, 0.1) is 25.7 Å². The number of nitrogens with zero attached hydrogens (tertiary/aromatic N) is 1. The summed E-state index contributed by atoms with van der Waals surface area (Å²) < 4.78 is 1.34. The Balaban J connectivity index is 3.03. The third-order valence-electron chi connectivity index (χ3n) is 3.69. The lowest BCUT2D eigenvalue weighted by molar-refractivity contribution is -0.954. The summed E-state index contributed by atoms with van der Waals surface area (Å²) in [6.45, 7) is 25.7. The molecule has 1 aliphatic rings. The van der Waals surface area contributed by atoms with E-state index in [0.29, 0.717) is 16.2 Å². The van der Waals surface area contributed by atoms with E-state index in [-0.39, 0.29) is 0 Å². The van der Waals surface area contributed by atoms with E-state index >= 15 is 0 Å². The third kappa shape index (κ3) is 6.29. The van der Waals surface area contributed by atoms with Crippen LogP contribution in [0, 0.1) is 16.2 Å². The van der Waals surface area contributed by atoms with Crippen LogP contribution in [0.5, 0.6) is 0 Å². The number of hydrogen-bond donors (Lipinski definition) is 0. The molecule has 0 heterocycles. The Labute approximate surface area is 122 Å². The van der Waals surface area contributed by atoms with E-state index in [2.05, 4.69) is 62.3 Å². The predicted molar refractivity (Wildman–Crippen MR) is 86.2 cm³/mol. The van der Waals surface area contributed by atoms with Crippen molar-refractivity contribution in [2.75, 3.05) is 19.6 Å². The van der Waals surface area contributed by atoms with E-state index in [1.165, 1.54) is 37.0 Å². The van der Waals surface area contributed by atoms with Crippen LogP contribution in [-0.4, -0.2) is 30.2 Å². The fourth-order valence-corrected chi connectivity index (χ4v) is 4.01. The van der Waals surface area contributed by atoms with Gasteiger partial charge in [0.2, 0.25) is 0 Å². The average molecular weight is 269 g/mol. The SMILES string of the molecule is CC(C)(C)C[N+](CC(C)(C)C)(CC(C)(C)C)C1CC1. The third-order valence-corrected chi connectivity index (χ3v) is 3.69. The van der Waals surface area contributed by atoms with Gasteiger partial charge in [0.15, 0.2) is 0 Å². The van der Waals surface area contributed by atoms with Crippen molar-refractivity contribution in [2.24, 2.45) is 16.2 Å². The van der Waals surface area contributed by atoms with Crippen LogP contribution in [0.1, 0.15) is 75.2 Å². The Kier molecular flexibility index (Phi) is 4.53. The maximum absolute atomic E-state index is 2.41. The molecule has 0 aliphatic heterocycles. The lowest BCUT2D eigenvalue weighted by atomic mass is 9.85. The molecule has 1 saturated carbocycles. The van der Waals surface area contributed by atoms with Crippen LogP contribution < -0.4 is 0 Å². The van der Waals surface area contributed by atoms with Crippen molar-refractivity contribution in [1.29, 1.82) is 0 Å². The first-order chi connectivity index (χ1) is 8.23. The van der Waals surface area contributed by atoms with Crippen molar-refractivity contribution in [3.8, 4) is 0 Å². The van der Waals surface area contributed by atoms with Crippen LogP contribution in [-0.2, 0) is 0 Å². The summed E-state index contributed by atoms with van der Waals surface area (Å²) in [4.78, 5) is 0. The van der Waals surface area contributed by atoms with E-state index in [1.54, 1.807) is 0 Å². The Morgan fingerprint density at radius 1 is 0.632 bits per heavy atom. The number of hydrogen-bond acceptors (Lipinski definition) is 0. The van der Waals surface area contributed by atoms with E-state index < -0.39 is 0 Å². The van der Waals surface area contributed by atoms with Gasteiger partial charge in [0.25, 0.3) is 0 Å². The predicted octanol–water partition coefficient (Wildman–Crippen LogP) is 5.10. The second-order valence-corrected chi connectivity index (χ2v) is 10.6. The first-order valence-electron chi connectivity index (χ1n) is 8.08. The maximum Gasteiger partial charge on any atom is 0.0895 e. The fraction of sp³-hybridized carbons (Fsp3) is 1.00. The highest BCUT2D eigenvalue weighted by molar-refractivity contribution is 4.82. The summed E-state index contributed by atoms with van der Waals surface area (Å²) in [6, 6.07) is 0.928. The number of quaternary nitrogens is 1. The van der Waals surface area contributed by atoms with Gasteiger partial charge in [0.1, 0.15) is 0 Å². The molecule has 0 spiro atoms. The van der Waals surface area contributed by atoms with Gasteiger partial charge in [-0.15, -0.1) is 0 Å². The van der Waals surface area contributed by atoms with Gasteiger partial charge in [-0.1, -0.05) is 62.3 Å². The molecule has 0 unspecified atom stereocenters. The molecule has 1 fully saturated rings. The van der Waals surface area contributed by atoms with E-state index in [4.69, 9.17) is 0 Å². The molecule has 19 heavy (non-hydrogen) atoms. The molecule has 0 aromatic heterocycles. The molecule has 114 valence electrons. The molecule has 0 N–H and O–H groups in total. The summed E-state index contributed by atoms with van der Waals surface area (Å²) in [5, 5.41) is 0. The molecule has 1 nitrogen and oxygen atoms in total. The molecular weight excluding hydrogens is 230 g/mol. The zero-order valence-electron chi connectivity index (χ0n) is 15.1. The van der Waals surface area contributed by atoms with Gasteiger partial charge in [-0.25, -0.2) is 0 Å². The monoisotopic (exact) mass is 268 g/mol. The van der Waals surface area contributed by atoms with Gasteiger partial charge in [0, 0.05) is 29.1 Å². The number of rotatable bonds is 4. The van der Waals surface area contributed by atoms with Crippen molar-refractivity contribution in [3.05, 3.63) is 0 Å². The van der Waals surface area contributed by atoms with E-state index in [9.17, 15) is 0 Å². The maximum atomic E-state index is 2.41. The normalized spacial score (nSPS) is 18.8. The zero-order valence-corrected chi connectivity index (χ0v) is 15.1. The van der Waals surface area contributed by atoms with Crippen molar-refractivity contribution in [2.45, 2.75) is 81.2 Å². The van der Waals surface area contributed by atoms with Gasteiger partial charge < -0.3 is 4.48 Å². The summed E-state index contributed by atoms with van der Waals surface area (Å²) >= 11 is 0. The zero-order chi connectivity index (χ0) is 15.1. The second kappa shape index (κ2) is 5.06. The molecule has 1 heteroatoms. The molecule has 0 aromatic rings. The Hall–Kier alpha value is -0.0400. The van der Waals surface area contributed by atoms with Gasteiger partial charge in [-0.2, -0.15) is 0 Å². The minimum absolute atomic E-state index is 0.416. The molecular formula is C18H38N+. The van der Waals surface area contributed by atoms with Crippen LogP contribution in [0.2, 0.25) is 0 Å². The molecule has 0 radical (unpaired) electrons. The van der Waals surface area contributed by atoms with Crippen LogP contribution in [0.25, 0.3) is 0 Å². The highest BCUT2D eigenvalue weighted by Gasteiger charge is 2.49. The molecule has 0 saturated heterocycles. The standard InChI is InChI=1S/C18H38N/c1-16(2,3)12-19(15-10-11-15,13-17(4,5)6)14-18(7,8)9/h15H,10-14H2,1-9H3/q+1. The molecule has 0 amide bonds. The highest BCUT2D eigenvalue weighted by atomic mass is 15.4. The summed E-state index contributed by atoms with van der Waals surface area (Å²) in [5.41, 5.74) is 1.25. The van der Waals surface area contributed by atoms with E-state index in [1.807, 2.05) is 0 Å². The van der Waals surface area contributed by atoms with Crippen molar-refractivity contribution in [3.63, 3.8) is 0 Å². The Morgan fingerprint density at radius 3 is 1.05 bits per heavy atom. The summed E-state index contributed by atoms with van der Waals surface area (Å²) in [5.74, 6) is 0. The van der Waals surface area contributed by atoms with Crippen molar-refractivity contribution >= 4 is 0 Å². The molecule has 1 aliphatic carbocycles. The largest absolute Gasteiger partial charge is 0.320 e. The fourth-order valence-electron chi connectivity index (χ4n) is 4.01. The topological polar surface area (TPSA) is 0 Å². The first-order valence-corrected chi connectivity index (χ1v) is 8.08. The van der Waals surface area contributed by atoms with Crippen molar-refractivity contribution in [1.82, 2.24) is 0 Å². The van der Waals surface area contributed by atoms with Crippen LogP contribution >= 0.6 is 0 Å². The van der Waals surface area contributed by atoms with Crippen LogP contribution in [0.4, 0.5) is 0 Å². The van der Waals surface area contributed by atoms with Gasteiger partial charge >= 0.3 is 0 Å². The lowest BCUT2D eigenvalue weighted by Crippen LogP contribution is -2.60. The Morgan fingerprint density at radius 2 is 0.895 bits per heavy atom. The minimum Gasteiger partial charge on any atom is -0.320 e. The average Bonchev–Trinajstić information content (AvgIpc) is 2.70. The quantitative estimate of drug-likeness (QED) is 0.622. The van der Waals surface area contributed by atoms with Crippen LogP contribution in [0.3, 0.4) is 0 Å². The lowest BCUT2D eigenvalue weighted by Gasteiger charge is -2.49. The molecule has 0 aromatic carbocycles. The van der Waals surface area contributed by atoms with Gasteiger partial charge in [-0.05, 0) is 0 Å². The van der Waals surface area contributed by atoms with Gasteiger partial charge in [-0.3, -0.25) is 0 Å². The Bertz CT molecular complexity index is 250. The summed E-state index contributed by atoms with van der Waals surface area (Å²) in [6.07, 6.45) is 2.89. The highest BCUT2D eigenvalue weighted by Crippen LogP contribution is 2.42. The van der Waals surface area contributed by atoms with E-state index in [0.717, 1.165) is 6.04 Å². The first kappa shape index (κ1) is 17.0.